The van der Waals surface area contributed by atoms with Gasteiger partial charge in [-0.25, -0.2) is 9.59 Å². The molecular formula is C14H11ClN2O3. The molecule has 2 rings (SSSR count). The largest absolute Gasteiger partial charge is 0.478 e. The van der Waals surface area contributed by atoms with Gasteiger partial charge in [0.15, 0.2) is 0 Å². The van der Waals surface area contributed by atoms with E-state index in [0.717, 1.165) is 0 Å². The molecule has 0 saturated heterocycles. The summed E-state index contributed by atoms with van der Waals surface area (Å²) in [6.07, 6.45) is 0. The fourth-order valence-electron chi connectivity index (χ4n) is 1.56. The third kappa shape index (κ3) is 3.49. The van der Waals surface area contributed by atoms with Gasteiger partial charge in [0.25, 0.3) is 0 Å². The quantitative estimate of drug-likeness (QED) is 0.807. The van der Waals surface area contributed by atoms with Crippen molar-refractivity contribution in [2.75, 3.05) is 10.6 Å². The highest BCUT2D eigenvalue weighted by atomic mass is 35.5. The first kappa shape index (κ1) is 13.9. The molecule has 0 aliphatic rings. The van der Waals surface area contributed by atoms with Crippen LogP contribution in [0.25, 0.3) is 0 Å². The highest BCUT2D eigenvalue weighted by Crippen LogP contribution is 2.23. The molecule has 2 aromatic carbocycles. The Morgan fingerprint density at radius 2 is 1.70 bits per heavy atom. The summed E-state index contributed by atoms with van der Waals surface area (Å²) in [5.41, 5.74) is 0.903. The Hall–Kier alpha value is -2.53. The van der Waals surface area contributed by atoms with Crippen LogP contribution >= 0.6 is 11.6 Å². The Morgan fingerprint density at radius 1 is 1.00 bits per heavy atom. The van der Waals surface area contributed by atoms with E-state index in [1.54, 1.807) is 24.3 Å². The van der Waals surface area contributed by atoms with Gasteiger partial charge in [0.2, 0.25) is 0 Å². The van der Waals surface area contributed by atoms with E-state index in [-0.39, 0.29) is 16.3 Å². The Bertz CT molecular complexity index is 644. The number of urea groups is 1. The predicted molar refractivity (Wildman–Crippen MR) is 77.5 cm³/mol. The molecule has 2 amide bonds. The zero-order valence-corrected chi connectivity index (χ0v) is 11.0. The van der Waals surface area contributed by atoms with Crippen LogP contribution in [0.4, 0.5) is 16.2 Å². The number of hydrogen-bond acceptors (Lipinski definition) is 2. The zero-order valence-electron chi connectivity index (χ0n) is 10.3. The van der Waals surface area contributed by atoms with Crippen LogP contribution in [-0.2, 0) is 0 Å². The topological polar surface area (TPSA) is 78.4 Å². The number of carboxylic acid groups (broad SMARTS) is 1. The summed E-state index contributed by atoms with van der Waals surface area (Å²) in [5, 5.41) is 14.3. The van der Waals surface area contributed by atoms with Gasteiger partial charge in [0.1, 0.15) is 0 Å². The summed E-state index contributed by atoms with van der Waals surface area (Å²) >= 11 is 5.91. The lowest BCUT2D eigenvalue weighted by atomic mass is 10.2. The van der Waals surface area contributed by atoms with Gasteiger partial charge < -0.3 is 15.7 Å². The van der Waals surface area contributed by atoms with Crippen molar-refractivity contribution in [1.29, 1.82) is 0 Å². The molecule has 102 valence electrons. The number of nitrogens with one attached hydrogen (secondary N) is 2. The molecule has 2 aromatic rings. The number of amides is 2. The second-order valence-electron chi connectivity index (χ2n) is 3.94. The average molecular weight is 291 g/mol. The Morgan fingerprint density at radius 3 is 2.35 bits per heavy atom. The number of carbonyl (C=O) groups excluding carboxylic acids is 1. The molecule has 0 unspecified atom stereocenters. The van der Waals surface area contributed by atoms with Crippen molar-refractivity contribution in [2.24, 2.45) is 0 Å². The van der Waals surface area contributed by atoms with Crippen molar-refractivity contribution in [3.05, 3.63) is 59.1 Å². The first-order valence-corrected chi connectivity index (χ1v) is 6.10. The second kappa shape index (κ2) is 6.08. The van der Waals surface area contributed by atoms with E-state index in [1.165, 1.54) is 18.2 Å². The molecule has 0 spiro atoms. The number of carbonyl (C=O) groups is 2. The van der Waals surface area contributed by atoms with E-state index in [0.29, 0.717) is 5.69 Å². The summed E-state index contributed by atoms with van der Waals surface area (Å²) in [6, 6.07) is 12.4. The molecule has 20 heavy (non-hydrogen) atoms. The molecular weight excluding hydrogens is 280 g/mol. The van der Waals surface area contributed by atoms with E-state index in [4.69, 9.17) is 16.7 Å². The van der Waals surface area contributed by atoms with Crippen molar-refractivity contribution in [3.8, 4) is 0 Å². The minimum absolute atomic E-state index is 0.0458. The highest BCUT2D eigenvalue weighted by Gasteiger charge is 2.10. The summed E-state index contributed by atoms with van der Waals surface area (Å²) in [5.74, 6) is -1.09. The number of carboxylic acids is 1. The molecule has 3 N–H and O–H groups in total. The molecule has 0 aliphatic heterocycles. The van der Waals surface area contributed by atoms with Crippen molar-refractivity contribution in [1.82, 2.24) is 0 Å². The van der Waals surface area contributed by atoms with Gasteiger partial charge in [-0.05, 0) is 30.3 Å². The molecule has 0 saturated carbocycles. The Kier molecular flexibility index (Phi) is 4.22. The lowest BCUT2D eigenvalue weighted by Gasteiger charge is -2.09. The normalized spacial score (nSPS) is 9.85. The maximum absolute atomic E-state index is 11.8. The van der Waals surface area contributed by atoms with Crippen LogP contribution in [0.15, 0.2) is 48.5 Å². The van der Waals surface area contributed by atoms with Crippen LogP contribution in [0.1, 0.15) is 10.4 Å². The monoisotopic (exact) mass is 290 g/mol. The first-order valence-electron chi connectivity index (χ1n) is 5.72. The smallest absolute Gasteiger partial charge is 0.335 e. The lowest BCUT2D eigenvalue weighted by Crippen LogP contribution is -2.19. The summed E-state index contributed by atoms with van der Waals surface area (Å²) in [7, 11) is 0. The highest BCUT2D eigenvalue weighted by molar-refractivity contribution is 6.34. The first-order chi connectivity index (χ1) is 9.56. The van der Waals surface area contributed by atoms with Gasteiger partial charge in [-0.1, -0.05) is 29.8 Å². The summed E-state index contributed by atoms with van der Waals surface area (Å²) < 4.78 is 0. The van der Waals surface area contributed by atoms with E-state index < -0.39 is 12.0 Å². The minimum Gasteiger partial charge on any atom is -0.478 e. The number of rotatable bonds is 3. The van der Waals surface area contributed by atoms with Crippen molar-refractivity contribution in [2.45, 2.75) is 0 Å². The van der Waals surface area contributed by atoms with Gasteiger partial charge in [0, 0.05) is 5.69 Å². The summed E-state index contributed by atoms with van der Waals surface area (Å²) in [4.78, 5) is 22.7. The number of benzene rings is 2. The molecule has 0 fully saturated rings. The molecule has 0 heterocycles. The predicted octanol–water partition coefficient (Wildman–Crippen LogP) is 3.68. The van der Waals surface area contributed by atoms with Crippen LogP contribution in [0.3, 0.4) is 0 Å². The third-order valence-corrected chi connectivity index (χ3v) is 2.82. The number of anilines is 2. The van der Waals surface area contributed by atoms with Crippen molar-refractivity contribution in [3.63, 3.8) is 0 Å². The molecule has 0 aliphatic carbocycles. The SMILES string of the molecule is O=C(Nc1ccccc1)Nc1cc(C(=O)O)ccc1Cl. The van der Waals surface area contributed by atoms with E-state index >= 15 is 0 Å². The molecule has 0 aromatic heterocycles. The maximum Gasteiger partial charge on any atom is 0.335 e. The molecule has 0 bridgehead atoms. The maximum atomic E-state index is 11.8. The Balaban J connectivity index is 2.11. The van der Waals surface area contributed by atoms with Gasteiger partial charge >= 0.3 is 12.0 Å². The van der Waals surface area contributed by atoms with E-state index in [1.807, 2.05) is 6.07 Å². The Labute approximate surface area is 120 Å². The fraction of sp³-hybridized carbons (Fsp3) is 0. The number of para-hydroxylation sites is 1. The molecule has 6 heteroatoms. The molecule has 5 nitrogen and oxygen atoms in total. The number of aromatic carboxylic acids is 1. The van der Waals surface area contributed by atoms with Gasteiger partial charge in [-0.2, -0.15) is 0 Å². The van der Waals surface area contributed by atoms with Crippen LogP contribution in [0.5, 0.6) is 0 Å². The average Bonchev–Trinajstić information content (AvgIpc) is 2.42. The van der Waals surface area contributed by atoms with Gasteiger partial charge in [0.05, 0.1) is 16.3 Å². The third-order valence-electron chi connectivity index (χ3n) is 2.49. The van der Waals surface area contributed by atoms with Crippen LogP contribution < -0.4 is 10.6 Å². The van der Waals surface area contributed by atoms with Crippen LogP contribution in [0, 0.1) is 0 Å². The lowest BCUT2D eigenvalue weighted by molar-refractivity contribution is 0.0697. The standard InChI is InChI=1S/C14H11ClN2O3/c15-11-7-6-9(13(18)19)8-12(11)17-14(20)16-10-4-2-1-3-5-10/h1-8H,(H,18,19)(H2,16,17,20). The van der Waals surface area contributed by atoms with Crippen molar-refractivity contribution >= 4 is 35.0 Å². The van der Waals surface area contributed by atoms with Crippen molar-refractivity contribution < 1.29 is 14.7 Å². The van der Waals surface area contributed by atoms with E-state index in [9.17, 15) is 9.59 Å². The minimum atomic E-state index is -1.09. The summed E-state index contributed by atoms with van der Waals surface area (Å²) in [6.45, 7) is 0. The van der Waals surface area contributed by atoms with Crippen LogP contribution in [0.2, 0.25) is 5.02 Å². The molecule has 0 atom stereocenters. The van der Waals surface area contributed by atoms with E-state index in [2.05, 4.69) is 10.6 Å². The van der Waals surface area contributed by atoms with Gasteiger partial charge in [-0.3, -0.25) is 0 Å². The fourth-order valence-corrected chi connectivity index (χ4v) is 1.73. The number of hydrogen-bond donors (Lipinski definition) is 3. The number of halogens is 1. The second-order valence-corrected chi connectivity index (χ2v) is 4.35. The zero-order chi connectivity index (χ0) is 14.5. The van der Waals surface area contributed by atoms with Crippen LogP contribution in [-0.4, -0.2) is 17.1 Å². The van der Waals surface area contributed by atoms with Gasteiger partial charge in [-0.15, -0.1) is 0 Å². The molecule has 0 radical (unpaired) electrons.